The Morgan fingerprint density at radius 2 is 1.93 bits per heavy atom. The van der Waals surface area contributed by atoms with Crippen molar-refractivity contribution in [3.8, 4) is 0 Å². The summed E-state index contributed by atoms with van der Waals surface area (Å²) in [5.74, 6) is 0.996. The molecule has 0 fully saturated rings. The van der Waals surface area contributed by atoms with Gasteiger partial charge in [0.25, 0.3) is 5.91 Å². The van der Waals surface area contributed by atoms with Gasteiger partial charge in [0.1, 0.15) is 17.3 Å². The van der Waals surface area contributed by atoms with Gasteiger partial charge in [-0.2, -0.15) is 0 Å². The Kier molecular flexibility index (Phi) is 4.54. The van der Waals surface area contributed by atoms with Crippen LogP contribution in [0.2, 0.25) is 5.02 Å². The van der Waals surface area contributed by atoms with Gasteiger partial charge in [0.2, 0.25) is 0 Å². The molecule has 136 valence electrons. The quantitative estimate of drug-likeness (QED) is 0.718. The number of carbonyl (C=O) groups excluding carboxylic acids is 1. The predicted octanol–water partition coefficient (Wildman–Crippen LogP) is 4.69. The molecule has 1 aliphatic heterocycles. The number of benzene rings is 2. The number of halogens is 1. The van der Waals surface area contributed by atoms with Gasteiger partial charge in [0.05, 0.1) is 0 Å². The molecule has 1 N–H and O–H groups in total. The molecule has 0 aliphatic carbocycles. The number of aromatic nitrogens is 2. The van der Waals surface area contributed by atoms with Crippen LogP contribution < -0.4 is 10.2 Å². The van der Waals surface area contributed by atoms with Crippen molar-refractivity contribution in [3.63, 3.8) is 0 Å². The summed E-state index contributed by atoms with van der Waals surface area (Å²) in [6, 6.07) is 15.3. The number of fused-ring (bicyclic) bond motifs is 1. The van der Waals surface area contributed by atoms with Crippen LogP contribution in [0.25, 0.3) is 0 Å². The van der Waals surface area contributed by atoms with Crippen molar-refractivity contribution in [1.82, 2.24) is 9.97 Å². The van der Waals surface area contributed by atoms with Crippen molar-refractivity contribution in [1.29, 1.82) is 0 Å². The van der Waals surface area contributed by atoms with E-state index >= 15 is 0 Å². The molecule has 2 heterocycles. The highest BCUT2D eigenvalue weighted by atomic mass is 35.5. The van der Waals surface area contributed by atoms with Crippen molar-refractivity contribution < 1.29 is 4.79 Å². The topological polar surface area (TPSA) is 58.1 Å². The number of para-hydroxylation sites is 1. The largest absolute Gasteiger partial charge is 0.340 e. The Morgan fingerprint density at radius 1 is 1.11 bits per heavy atom. The molecule has 1 aliphatic rings. The van der Waals surface area contributed by atoms with Crippen LogP contribution in [0, 0.1) is 13.8 Å². The average molecular weight is 379 g/mol. The normalized spacial score (nSPS) is 12.8. The lowest BCUT2D eigenvalue weighted by molar-refractivity contribution is 0.0984. The van der Waals surface area contributed by atoms with Gasteiger partial charge in [-0.15, -0.1) is 0 Å². The van der Waals surface area contributed by atoms with Crippen molar-refractivity contribution in [2.75, 3.05) is 16.8 Å². The third-order valence-corrected chi connectivity index (χ3v) is 4.89. The summed E-state index contributed by atoms with van der Waals surface area (Å²) in [5, 5.41) is 3.89. The van der Waals surface area contributed by atoms with Crippen molar-refractivity contribution in [2.45, 2.75) is 20.3 Å². The molecule has 0 spiro atoms. The molecule has 0 unspecified atom stereocenters. The van der Waals surface area contributed by atoms with Crippen LogP contribution in [0.5, 0.6) is 0 Å². The Labute approximate surface area is 163 Å². The molecule has 3 aromatic rings. The zero-order valence-corrected chi connectivity index (χ0v) is 15.9. The number of aryl methyl sites for hydroxylation is 2. The molecule has 1 amide bonds. The first kappa shape index (κ1) is 17.5. The number of hydrogen-bond donors (Lipinski definition) is 1. The molecule has 1 aromatic heterocycles. The molecular weight excluding hydrogens is 360 g/mol. The maximum atomic E-state index is 13.1. The zero-order chi connectivity index (χ0) is 19.0. The smallest absolute Gasteiger partial charge is 0.277 e. The van der Waals surface area contributed by atoms with Gasteiger partial charge in [0, 0.05) is 29.0 Å². The van der Waals surface area contributed by atoms with Crippen molar-refractivity contribution >= 4 is 34.7 Å². The number of nitrogens with one attached hydrogen (secondary N) is 1. The van der Waals surface area contributed by atoms with Crippen LogP contribution in [0.1, 0.15) is 27.4 Å². The van der Waals surface area contributed by atoms with E-state index in [1.807, 2.05) is 43.3 Å². The van der Waals surface area contributed by atoms with Gasteiger partial charge < -0.3 is 10.2 Å². The average Bonchev–Trinajstić information content (AvgIpc) is 3.08. The third-order valence-electron chi connectivity index (χ3n) is 4.65. The van der Waals surface area contributed by atoms with Gasteiger partial charge in [0.15, 0.2) is 0 Å². The van der Waals surface area contributed by atoms with Crippen LogP contribution in [0.15, 0.2) is 48.5 Å². The maximum Gasteiger partial charge on any atom is 0.277 e. The lowest BCUT2D eigenvalue weighted by Gasteiger charge is -2.17. The van der Waals surface area contributed by atoms with E-state index in [1.54, 1.807) is 17.9 Å². The minimum Gasteiger partial charge on any atom is -0.340 e. The molecule has 0 bridgehead atoms. The van der Waals surface area contributed by atoms with Crippen LogP contribution >= 0.6 is 11.6 Å². The van der Waals surface area contributed by atoms with Crippen LogP contribution in [0.3, 0.4) is 0 Å². The summed E-state index contributed by atoms with van der Waals surface area (Å²) >= 11 is 6.10. The molecule has 0 saturated heterocycles. The predicted molar refractivity (Wildman–Crippen MR) is 108 cm³/mol. The van der Waals surface area contributed by atoms with E-state index < -0.39 is 0 Å². The van der Waals surface area contributed by atoms with E-state index in [0.29, 0.717) is 28.9 Å². The second-order valence-electron chi connectivity index (χ2n) is 6.61. The molecular formula is C21H19ClN4O. The Balaban J connectivity index is 1.65. The zero-order valence-electron chi connectivity index (χ0n) is 15.2. The fraction of sp³-hybridized carbons (Fsp3) is 0.190. The molecule has 5 nitrogen and oxygen atoms in total. The molecule has 0 atom stereocenters. The fourth-order valence-electron chi connectivity index (χ4n) is 3.30. The highest BCUT2D eigenvalue weighted by molar-refractivity contribution is 6.30. The van der Waals surface area contributed by atoms with Crippen LogP contribution in [-0.4, -0.2) is 22.4 Å². The van der Waals surface area contributed by atoms with Gasteiger partial charge in [-0.1, -0.05) is 35.9 Å². The van der Waals surface area contributed by atoms with Crippen LogP contribution in [-0.2, 0) is 6.42 Å². The first-order chi connectivity index (χ1) is 13.0. The molecule has 2 aromatic carbocycles. The Bertz CT molecular complexity index is 1030. The van der Waals surface area contributed by atoms with Gasteiger partial charge in [-0.05, 0) is 49.6 Å². The monoisotopic (exact) mass is 378 g/mol. The minimum atomic E-state index is -0.115. The van der Waals surface area contributed by atoms with E-state index in [4.69, 9.17) is 11.6 Å². The molecule has 6 heteroatoms. The maximum absolute atomic E-state index is 13.1. The number of rotatable bonds is 3. The highest BCUT2D eigenvalue weighted by Gasteiger charge is 2.26. The van der Waals surface area contributed by atoms with E-state index in [-0.39, 0.29) is 5.91 Å². The van der Waals surface area contributed by atoms with E-state index in [0.717, 1.165) is 23.4 Å². The van der Waals surface area contributed by atoms with Crippen LogP contribution in [0.4, 0.5) is 17.2 Å². The van der Waals surface area contributed by atoms with E-state index in [9.17, 15) is 4.79 Å². The number of hydrogen-bond acceptors (Lipinski definition) is 4. The van der Waals surface area contributed by atoms with E-state index in [2.05, 4.69) is 21.4 Å². The highest BCUT2D eigenvalue weighted by Crippen LogP contribution is 2.29. The summed E-state index contributed by atoms with van der Waals surface area (Å²) in [4.78, 5) is 23.6. The van der Waals surface area contributed by atoms with E-state index in [1.165, 1.54) is 5.56 Å². The summed E-state index contributed by atoms with van der Waals surface area (Å²) in [6.07, 6.45) is 0.860. The molecule has 4 rings (SSSR count). The Morgan fingerprint density at radius 3 is 2.78 bits per heavy atom. The molecule has 27 heavy (non-hydrogen) atoms. The first-order valence-corrected chi connectivity index (χ1v) is 9.18. The van der Waals surface area contributed by atoms with Gasteiger partial charge >= 0.3 is 0 Å². The lowest BCUT2D eigenvalue weighted by Crippen LogP contribution is -2.30. The van der Waals surface area contributed by atoms with Crippen molar-refractivity contribution in [3.05, 3.63) is 76.2 Å². The second-order valence-corrected chi connectivity index (χ2v) is 7.04. The standard InChI is InChI=1S/C21H19ClN4O/c1-13-7-8-16(22)11-17(13)25-20-12-18(23-14(2)24-20)21(27)26-10-9-15-5-3-4-6-19(15)26/h3-8,11-12H,9-10H2,1-2H3,(H,23,24,25). The summed E-state index contributed by atoms with van der Waals surface area (Å²) in [7, 11) is 0. The second kappa shape index (κ2) is 7.00. The molecule has 0 saturated carbocycles. The third kappa shape index (κ3) is 3.51. The Hall–Kier alpha value is -2.92. The lowest BCUT2D eigenvalue weighted by atomic mass is 10.2. The number of amides is 1. The van der Waals surface area contributed by atoms with Gasteiger partial charge in [-0.25, -0.2) is 9.97 Å². The van der Waals surface area contributed by atoms with Crippen molar-refractivity contribution in [2.24, 2.45) is 0 Å². The number of nitrogens with zero attached hydrogens (tertiary/aromatic N) is 3. The summed E-state index contributed by atoms with van der Waals surface area (Å²) in [6.45, 7) is 4.43. The summed E-state index contributed by atoms with van der Waals surface area (Å²) < 4.78 is 0. The van der Waals surface area contributed by atoms with Gasteiger partial charge in [-0.3, -0.25) is 4.79 Å². The number of carbonyl (C=O) groups is 1. The summed E-state index contributed by atoms with van der Waals surface area (Å²) in [5.41, 5.74) is 4.41. The number of anilines is 3. The fourth-order valence-corrected chi connectivity index (χ4v) is 3.47. The SMILES string of the molecule is Cc1nc(Nc2cc(Cl)ccc2C)cc(C(=O)N2CCc3ccccc32)n1. The minimum absolute atomic E-state index is 0.115. The molecule has 0 radical (unpaired) electrons. The first-order valence-electron chi connectivity index (χ1n) is 8.80.